The van der Waals surface area contributed by atoms with Gasteiger partial charge in [-0.1, -0.05) is 29.8 Å². The Bertz CT molecular complexity index is 610. The molecule has 4 heteroatoms. The van der Waals surface area contributed by atoms with Crippen molar-refractivity contribution in [3.8, 4) is 5.75 Å². The van der Waals surface area contributed by atoms with Crippen LogP contribution in [0, 0.1) is 10.5 Å². The summed E-state index contributed by atoms with van der Waals surface area (Å²) in [6.07, 6.45) is 0. The number of carbonyl (C=O) groups excluding carboxylic acids is 1. The normalized spacial score (nSPS) is 11.8. The van der Waals surface area contributed by atoms with E-state index < -0.39 is 0 Å². The zero-order valence-electron chi connectivity index (χ0n) is 12.1. The molecule has 0 radical (unpaired) electrons. The van der Waals surface area contributed by atoms with Gasteiger partial charge in [0.15, 0.2) is 0 Å². The molecule has 0 fully saturated rings. The summed E-state index contributed by atoms with van der Waals surface area (Å²) in [5.41, 5.74) is 1.89. The maximum absolute atomic E-state index is 12.2. The maximum atomic E-state index is 12.2. The number of rotatable bonds is 5. The molecule has 21 heavy (non-hydrogen) atoms. The highest BCUT2D eigenvalue weighted by atomic mass is 127. The third kappa shape index (κ3) is 4.74. The number of carbonyl (C=O) groups is 1. The molecule has 0 bridgehead atoms. The fourth-order valence-electron chi connectivity index (χ4n) is 1.84. The molecular formula is C17H18INO2. The van der Waals surface area contributed by atoms with E-state index in [1.165, 1.54) is 5.56 Å². The molecule has 1 amide bonds. The average molecular weight is 395 g/mol. The van der Waals surface area contributed by atoms with Crippen LogP contribution in [-0.2, 0) is 0 Å². The number of hydrogen-bond donors (Lipinski definition) is 1. The van der Waals surface area contributed by atoms with Gasteiger partial charge in [-0.05, 0) is 60.7 Å². The Kier molecular flexibility index (Phi) is 5.61. The summed E-state index contributed by atoms with van der Waals surface area (Å²) >= 11 is 2.16. The molecule has 0 aliphatic rings. The van der Waals surface area contributed by atoms with E-state index in [-0.39, 0.29) is 11.9 Å². The Morgan fingerprint density at radius 3 is 2.52 bits per heavy atom. The molecule has 0 heterocycles. The number of aryl methyl sites for hydroxylation is 1. The Morgan fingerprint density at radius 1 is 1.19 bits per heavy atom. The SMILES string of the molecule is Cc1ccc(OC[C@@H](C)NC(=O)c2ccccc2I)cc1. The van der Waals surface area contributed by atoms with E-state index in [4.69, 9.17) is 4.74 Å². The monoisotopic (exact) mass is 395 g/mol. The van der Waals surface area contributed by atoms with Gasteiger partial charge in [-0.3, -0.25) is 4.79 Å². The first-order valence-electron chi connectivity index (χ1n) is 6.81. The third-order valence-electron chi connectivity index (χ3n) is 3.02. The van der Waals surface area contributed by atoms with Crippen LogP contribution in [0.3, 0.4) is 0 Å². The van der Waals surface area contributed by atoms with Gasteiger partial charge in [0, 0.05) is 3.57 Å². The maximum Gasteiger partial charge on any atom is 0.252 e. The first kappa shape index (κ1) is 15.8. The largest absolute Gasteiger partial charge is 0.491 e. The van der Waals surface area contributed by atoms with Gasteiger partial charge in [-0.15, -0.1) is 0 Å². The number of ether oxygens (including phenoxy) is 1. The van der Waals surface area contributed by atoms with E-state index in [9.17, 15) is 4.79 Å². The van der Waals surface area contributed by atoms with Gasteiger partial charge in [0.25, 0.3) is 5.91 Å². The van der Waals surface area contributed by atoms with Crippen LogP contribution in [0.25, 0.3) is 0 Å². The number of nitrogens with one attached hydrogen (secondary N) is 1. The second kappa shape index (κ2) is 7.45. The highest BCUT2D eigenvalue weighted by molar-refractivity contribution is 14.1. The van der Waals surface area contributed by atoms with Crippen molar-refractivity contribution in [3.63, 3.8) is 0 Å². The molecule has 0 saturated heterocycles. The van der Waals surface area contributed by atoms with Gasteiger partial charge < -0.3 is 10.1 Å². The minimum atomic E-state index is -0.0694. The van der Waals surface area contributed by atoms with E-state index in [0.29, 0.717) is 12.2 Å². The lowest BCUT2D eigenvalue weighted by molar-refractivity contribution is 0.0926. The van der Waals surface area contributed by atoms with Gasteiger partial charge in [-0.25, -0.2) is 0 Å². The van der Waals surface area contributed by atoms with Gasteiger partial charge in [-0.2, -0.15) is 0 Å². The van der Waals surface area contributed by atoms with Crippen molar-refractivity contribution in [2.45, 2.75) is 19.9 Å². The van der Waals surface area contributed by atoms with Crippen LogP contribution in [0.4, 0.5) is 0 Å². The van der Waals surface area contributed by atoms with E-state index in [0.717, 1.165) is 9.32 Å². The lowest BCUT2D eigenvalue weighted by Crippen LogP contribution is -2.37. The molecule has 2 aromatic carbocycles. The van der Waals surface area contributed by atoms with Crippen LogP contribution in [0.2, 0.25) is 0 Å². The summed E-state index contributed by atoms with van der Waals surface area (Å²) in [6.45, 7) is 4.41. The molecule has 0 aliphatic carbocycles. The van der Waals surface area contributed by atoms with Crippen molar-refractivity contribution in [3.05, 3.63) is 63.2 Å². The van der Waals surface area contributed by atoms with Gasteiger partial charge in [0.2, 0.25) is 0 Å². The first-order valence-corrected chi connectivity index (χ1v) is 7.89. The molecule has 3 nitrogen and oxygen atoms in total. The van der Waals surface area contributed by atoms with Crippen LogP contribution in [0.15, 0.2) is 48.5 Å². The summed E-state index contributed by atoms with van der Waals surface area (Å²) in [7, 11) is 0. The van der Waals surface area contributed by atoms with Crippen molar-refractivity contribution in [2.24, 2.45) is 0 Å². The summed E-state index contributed by atoms with van der Waals surface area (Å²) in [5, 5.41) is 2.95. The van der Waals surface area contributed by atoms with Crippen molar-refractivity contribution in [1.29, 1.82) is 0 Å². The predicted octanol–water partition coefficient (Wildman–Crippen LogP) is 3.80. The average Bonchev–Trinajstić information content (AvgIpc) is 2.47. The topological polar surface area (TPSA) is 38.3 Å². The van der Waals surface area contributed by atoms with E-state index >= 15 is 0 Å². The quantitative estimate of drug-likeness (QED) is 0.783. The molecule has 110 valence electrons. The molecular weight excluding hydrogens is 377 g/mol. The van der Waals surface area contributed by atoms with E-state index in [1.807, 2.05) is 62.4 Å². The van der Waals surface area contributed by atoms with Crippen molar-refractivity contribution < 1.29 is 9.53 Å². The fraction of sp³-hybridized carbons (Fsp3) is 0.235. The number of amides is 1. The molecule has 0 spiro atoms. The molecule has 2 aromatic rings. The minimum absolute atomic E-state index is 0.0604. The second-order valence-corrected chi connectivity index (χ2v) is 6.14. The van der Waals surface area contributed by atoms with Gasteiger partial charge in [0.05, 0.1) is 11.6 Å². The summed E-state index contributed by atoms with van der Waals surface area (Å²) in [5.74, 6) is 0.746. The molecule has 1 N–H and O–H groups in total. The van der Waals surface area contributed by atoms with E-state index in [2.05, 4.69) is 27.9 Å². The minimum Gasteiger partial charge on any atom is -0.491 e. The standard InChI is InChI=1S/C17H18INO2/c1-12-7-9-14(10-8-12)21-11-13(2)19-17(20)15-5-3-4-6-16(15)18/h3-10,13H,11H2,1-2H3,(H,19,20)/t13-/m1/s1. The predicted molar refractivity (Wildman–Crippen MR) is 92.8 cm³/mol. The Morgan fingerprint density at radius 2 is 1.86 bits per heavy atom. The van der Waals surface area contributed by atoms with Crippen LogP contribution in [0.5, 0.6) is 5.75 Å². The Labute approximate surface area is 138 Å². The smallest absolute Gasteiger partial charge is 0.252 e. The molecule has 2 rings (SSSR count). The highest BCUT2D eigenvalue weighted by Gasteiger charge is 2.12. The molecule has 0 unspecified atom stereocenters. The molecule has 0 aromatic heterocycles. The lowest BCUT2D eigenvalue weighted by Gasteiger charge is -2.15. The molecule has 1 atom stereocenters. The first-order chi connectivity index (χ1) is 10.1. The van der Waals surface area contributed by atoms with E-state index in [1.54, 1.807) is 0 Å². The lowest BCUT2D eigenvalue weighted by atomic mass is 10.2. The zero-order chi connectivity index (χ0) is 15.2. The summed E-state index contributed by atoms with van der Waals surface area (Å²) < 4.78 is 6.62. The van der Waals surface area contributed by atoms with Crippen molar-refractivity contribution >= 4 is 28.5 Å². The molecule has 0 saturated carbocycles. The Balaban J connectivity index is 1.87. The summed E-state index contributed by atoms with van der Waals surface area (Å²) in [4.78, 5) is 12.2. The van der Waals surface area contributed by atoms with Crippen LogP contribution in [-0.4, -0.2) is 18.6 Å². The third-order valence-corrected chi connectivity index (χ3v) is 3.96. The Hall–Kier alpha value is -1.56. The number of benzene rings is 2. The van der Waals surface area contributed by atoms with Crippen LogP contribution in [0.1, 0.15) is 22.8 Å². The van der Waals surface area contributed by atoms with Crippen LogP contribution >= 0.6 is 22.6 Å². The van der Waals surface area contributed by atoms with Gasteiger partial charge in [0.1, 0.15) is 12.4 Å². The fourth-order valence-corrected chi connectivity index (χ4v) is 2.48. The van der Waals surface area contributed by atoms with Gasteiger partial charge >= 0.3 is 0 Å². The summed E-state index contributed by atoms with van der Waals surface area (Å²) in [6, 6.07) is 15.3. The second-order valence-electron chi connectivity index (χ2n) is 4.98. The van der Waals surface area contributed by atoms with Crippen molar-refractivity contribution in [1.82, 2.24) is 5.32 Å². The van der Waals surface area contributed by atoms with Crippen LogP contribution < -0.4 is 10.1 Å². The van der Waals surface area contributed by atoms with Crippen molar-refractivity contribution in [2.75, 3.05) is 6.61 Å². The highest BCUT2D eigenvalue weighted by Crippen LogP contribution is 2.13. The molecule has 0 aliphatic heterocycles. The number of hydrogen-bond acceptors (Lipinski definition) is 2. The zero-order valence-corrected chi connectivity index (χ0v) is 14.3. The number of halogens is 1.